The number of aromatic amines is 1. The van der Waals surface area contributed by atoms with Crippen LogP contribution in [0.4, 0.5) is 16.2 Å². The Kier molecular flexibility index (Phi) is 6.84. The molecule has 3 aliphatic rings. The molecule has 3 aliphatic heterocycles. The number of halogens is 1. The molecule has 0 aromatic carbocycles. The number of nitrogens with one attached hydrogen (secondary N) is 1. The van der Waals surface area contributed by atoms with Crippen LogP contribution >= 0.6 is 18.1 Å². The van der Waals surface area contributed by atoms with Crippen molar-refractivity contribution in [3.05, 3.63) is 35.3 Å². The molecule has 16 nitrogen and oxygen atoms in total. The van der Waals surface area contributed by atoms with Gasteiger partial charge in [0.25, 0.3) is 5.56 Å². The number of aromatic nitrogens is 7. The van der Waals surface area contributed by atoms with Crippen LogP contribution in [0.15, 0.2) is 29.7 Å². The third-order valence-electron chi connectivity index (χ3n) is 7.07. The molecule has 0 radical (unpaired) electrons. The van der Waals surface area contributed by atoms with E-state index in [1.165, 1.54) is 12.7 Å². The molecule has 0 saturated carbocycles. The van der Waals surface area contributed by atoms with Crippen molar-refractivity contribution in [3.63, 3.8) is 0 Å². The summed E-state index contributed by atoms with van der Waals surface area (Å²) in [6.07, 6.45) is -0.185. The van der Waals surface area contributed by atoms with Crippen molar-refractivity contribution in [2.24, 2.45) is 5.92 Å². The Bertz CT molecular complexity index is 1600. The number of nitrogens with zero attached hydrogens (tertiary/aromatic N) is 6. The number of imidazole rings is 1. The van der Waals surface area contributed by atoms with Gasteiger partial charge in [0.1, 0.15) is 23.9 Å². The lowest BCUT2D eigenvalue weighted by Gasteiger charge is -2.22. The Morgan fingerprint density at radius 3 is 2.75 bits per heavy atom. The van der Waals surface area contributed by atoms with Crippen LogP contribution in [-0.4, -0.2) is 71.9 Å². The van der Waals surface area contributed by atoms with Gasteiger partial charge in [0.2, 0.25) is 5.95 Å². The molecule has 0 spiro atoms. The summed E-state index contributed by atoms with van der Waals surface area (Å²) < 4.78 is 54.5. The van der Waals surface area contributed by atoms with E-state index in [4.69, 9.17) is 39.0 Å². The maximum absolute atomic E-state index is 15.8. The number of hydrogen-bond acceptors (Lipinski definition) is 13. The van der Waals surface area contributed by atoms with Crippen LogP contribution in [0.5, 0.6) is 0 Å². The van der Waals surface area contributed by atoms with Gasteiger partial charge >= 0.3 is 0 Å². The van der Waals surface area contributed by atoms with Gasteiger partial charge in [0, 0.05) is 18.5 Å². The van der Waals surface area contributed by atoms with Gasteiger partial charge in [-0.2, -0.15) is 4.98 Å². The fourth-order valence-electron chi connectivity index (χ4n) is 5.14. The zero-order valence-electron chi connectivity index (χ0n) is 20.5. The van der Waals surface area contributed by atoms with Crippen LogP contribution in [0.3, 0.4) is 0 Å². The van der Waals surface area contributed by atoms with Gasteiger partial charge in [-0.1, -0.05) is 0 Å². The Labute approximate surface area is 227 Å². The molecule has 2 bridgehead atoms. The Balaban J connectivity index is 1.09. The Morgan fingerprint density at radius 2 is 1.85 bits per heavy atom. The molecule has 4 aromatic rings. The Hall–Kier alpha value is -2.88. The van der Waals surface area contributed by atoms with Gasteiger partial charge in [0.15, 0.2) is 54.2 Å². The van der Waals surface area contributed by atoms with E-state index >= 15 is 4.39 Å². The standard InChI is InChI=1S/C21H24FN9O7P2/c22-13-9-4-33-40-38-12-3-10(19(36-12)31-7-27-14-17(31)28-21(24)29-18(14)32)37-39-34-5-11(9)35-20(13)30-2-1-8-15(23)25-6-26-16(8)30/h1-2,6-7,9-13,19-20,39-40H,3-5H2,(H2,23,25,26)(H3,24,28,29,32)/t9-,10-,11-,12?,13+,19-,20-/m1/s1. The highest BCUT2D eigenvalue weighted by atomic mass is 31.1. The van der Waals surface area contributed by atoms with Crippen molar-refractivity contribution in [3.8, 4) is 0 Å². The molecule has 5 N–H and O–H groups in total. The first-order valence-electron chi connectivity index (χ1n) is 12.3. The molecule has 7 heterocycles. The molecular weight excluding hydrogens is 571 g/mol. The molecule has 4 aromatic heterocycles. The van der Waals surface area contributed by atoms with Crippen molar-refractivity contribution >= 4 is 52.0 Å². The summed E-state index contributed by atoms with van der Waals surface area (Å²) in [4.78, 5) is 31.2. The number of ether oxygens (including phenoxy) is 2. The van der Waals surface area contributed by atoms with E-state index in [1.807, 2.05) is 0 Å². The predicted octanol–water partition coefficient (Wildman–Crippen LogP) is 1.29. The number of nitrogens with two attached hydrogens (primary N) is 2. The lowest BCUT2D eigenvalue weighted by Crippen LogP contribution is -2.29. The third-order valence-corrected chi connectivity index (χ3v) is 8.39. The average molecular weight is 595 g/mol. The summed E-state index contributed by atoms with van der Waals surface area (Å²) in [6, 6.07) is 1.72. The molecule has 3 unspecified atom stereocenters. The summed E-state index contributed by atoms with van der Waals surface area (Å²) in [5, 5.41) is 0.607. The quantitative estimate of drug-likeness (QED) is 0.280. The molecule has 3 saturated heterocycles. The zero-order valence-corrected chi connectivity index (χ0v) is 22.5. The minimum Gasteiger partial charge on any atom is -0.383 e. The summed E-state index contributed by atoms with van der Waals surface area (Å²) in [5.41, 5.74) is 12.0. The maximum atomic E-state index is 15.8. The van der Waals surface area contributed by atoms with Crippen LogP contribution in [0.1, 0.15) is 18.9 Å². The third kappa shape index (κ3) is 4.52. The second kappa shape index (κ2) is 10.5. The van der Waals surface area contributed by atoms with Crippen molar-refractivity contribution < 1.29 is 32.0 Å². The molecular formula is C21H24FN9O7P2. The smallest absolute Gasteiger partial charge is 0.280 e. The van der Waals surface area contributed by atoms with E-state index in [9.17, 15) is 4.79 Å². The number of anilines is 2. The van der Waals surface area contributed by atoms with E-state index in [-0.39, 0.29) is 30.3 Å². The molecule has 9 atom stereocenters. The first-order valence-corrected chi connectivity index (χ1v) is 13.9. The van der Waals surface area contributed by atoms with E-state index in [0.717, 1.165) is 0 Å². The largest absolute Gasteiger partial charge is 0.383 e. The van der Waals surface area contributed by atoms with Gasteiger partial charge in [0.05, 0.1) is 31.0 Å². The highest BCUT2D eigenvalue weighted by Gasteiger charge is 2.47. The summed E-state index contributed by atoms with van der Waals surface area (Å²) in [5.74, 6) is -0.391. The van der Waals surface area contributed by atoms with Crippen LogP contribution in [0.25, 0.3) is 22.2 Å². The maximum Gasteiger partial charge on any atom is 0.280 e. The lowest BCUT2D eigenvalue weighted by atomic mass is 10.0. The molecule has 212 valence electrons. The van der Waals surface area contributed by atoms with Gasteiger partial charge in [-0.25, -0.2) is 19.3 Å². The first-order chi connectivity index (χ1) is 19.5. The average Bonchev–Trinajstić information content (AvgIpc) is 3.70. The summed E-state index contributed by atoms with van der Waals surface area (Å²) in [7, 11) is -0.855. The fraction of sp³-hybridized carbons (Fsp3) is 0.476. The number of fused-ring (bicyclic) bond motifs is 5. The van der Waals surface area contributed by atoms with Crippen LogP contribution < -0.4 is 17.0 Å². The predicted molar refractivity (Wildman–Crippen MR) is 140 cm³/mol. The van der Waals surface area contributed by atoms with Gasteiger partial charge < -0.3 is 43.6 Å². The van der Waals surface area contributed by atoms with Crippen molar-refractivity contribution in [1.29, 1.82) is 0 Å². The van der Waals surface area contributed by atoms with E-state index in [2.05, 4.69) is 24.9 Å². The van der Waals surface area contributed by atoms with Crippen molar-refractivity contribution in [2.45, 2.75) is 43.5 Å². The van der Waals surface area contributed by atoms with Crippen LogP contribution in [0.2, 0.25) is 0 Å². The fourth-order valence-corrected chi connectivity index (χ4v) is 6.36. The topological polar surface area (TPSA) is 202 Å². The second-order valence-corrected chi connectivity index (χ2v) is 10.8. The summed E-state index contributed by atoms with van der Waals surface area (Å²) >= 11 is 0. The molecule has 40 heavy (non-hydrogen) atoms. The second-order valence-electron chi connectivity index (χ2n) is 9.42. The van der Waals surface area contributed by atoms with Crippen molar-refractivity contribution in [2.75, 3.05) is 24.7 Å². The van der Waals surface area contributed by atoms with Gasteiger partial charge in [-0.05, 0) is 6.07 Å². The van der Waals surface area contributed by atoms with Gasteiger partial charge in [-0.15, -0.1) is 0 Å². The number of hydrogen-bond donors (Lipinski definition) is 3. The van der Waals surface area contributed by atoms with E-state index < -0.39 is 66.7 Å². The normalized spacial score (nSPS) is 32.8. The van der Waals surface area contributed by atoms with E-state index in [1.54, 1.807) is 21.4 Å². The molecule has 19 heteroatoms. The van der Waals surface area contributed by atoms with Crippen LogP contribution in [-0.2, 0) is 27.6 Å². The monoisotopic (exact) mass is 595 g/mol. The van der Waals surface area contributed by atoms with E-state index in [0.29, 0.717) is 23.3 Å². The highest BCUT2D eigenvalue weighted by molar-refractivity contribution is 7.26. The highest BCUT2D eigenvalue weighted by Crippen LogP contribution is 2.43. The minimum absolute atomic E-state index is 0.0299. The number of H-pyrrole nitrogens is 1. The number of alkyl halides is 1. The Morgan fingerprint density at radius 1 is 1.00 bits per heavy atom. The lowest BCUT2D eigenvalue weighted by molar-refractivity contribution is -0.104. The molecule has 0 amide bonds. The first kappa shape index (κ1) is 26.0. The van der Waals surface area contributed by atoms with Gasteiger partial charge in [-0.3, -0.25) is 14.3 Å². The SMILES string of the molecule is Nc1nc2c(ncn2[C@@H]2OC3C[C@H]2OPOC[C@H]2O[C@@H](n4ccc5c(N)ncnc54)[C@@H](F)[C@@H]2COPO3)c(=O)[nH]1. The molecule has 0 aliphatic carbocycles. The zero-order chi connectivity index (χ0) is 27.4. The number of nitrogen functional groups attached to an aromatic ring is 2. The van der Waals surface area contributed by atoms with Crippen molar-refractivity contribution in [1.82, 2.24) is 34.1 Å². The molecule has 3 fully saturated rings. The minimum atomic E-state index is -1.42. The molecule has 7 rings (SSSR count). The van der Waals surface area contributed by atoms with Crippen LogP contribution in [0, 0.1) is 5.92 Å². The summed E-state index contributed by atoms with van der Waals surface area (Å²) in [6.45, 7) is 0.0922. The number of rotatable bonds is 2.